The number of hydrogen-bond acceptors (Lipinski definition) is 3. The summed E-state index contributed by atoms with van der Waals surface area (Å²) in [4.78, 5) is 12.4. The molecule has 0 bridgehead atoms. The van der Waals surface area contributed by atoms with Crippen molar-refractivity contribution in [1.29, 1.82) is 0 Å². The Labute approximate surface area is 156 Å². The molecule has 4 atom stereocenters. The largest absolute Gasteiger partial charge is 0.455 e. The average molecular weight is 401 g/mol. The first kappa shape index (κ1) is 16.8. The lowest BCUT2D eigenvalue weighted by Gasteiger charge is -2.51. The quantitative estimate of drug-likeness (QED) is 0.776. The van der Waals surface area contributed by atoms with E-state index in [9.17, 15) is 9.90 Å². The van der Waals surface area contributed by atoms with E-state index in [0.717, 1.165) is 10.0 Å². The summed E-state index contributed by atoms with van der Waals surface area (Å²) in [5, 5.41) is 10.8. The fraction of sp³-hybridized carbons (Fsp3) is 0.381. The average Bonchev–Trinajstić information content (AvgIpc) is 2.86. The molecule has 2 aromatic carbocycles. The van der Waals surface area contributed by atoms with Gasteiger partial charge in [-0.25, -0.2) is 0 Å². The van der Waals surface area contributed by atoms with Crippen molar-refractivity contribution >= 4 is 21.9 Å². The van der Waals surface area contributed by atoms with Crippen LogP contribution < -0.4 is 0 Å². The van der Waals surface area contributed by atoms with Crippen molar-refractivity contribution in [1.82, 2.24) is 0 Å². The van der Waals surface area contributed by atoms with E-state index in [1.807, 2.05) is 30.3 Å². The minimum Gasteiger partial charge on any atom is -0.455 e. The standard InChI is InChI=1S/C21H21BrO3/c1-20(2,24)21-12-16(13-8-10-15(22)11-9-13)17(18(21)19(23)25-21)14-6-4-3-5-7-14/h3-11,16-18,24H,12H2,1-2H3/t16-,17-,18+,21+/m0/s1. The number of fused-ring (bicyclic) bond motifs is 1. The Bertz CT molecular complexity index is 794. The molecule has 3 nitrogen and oxygen atoms in total. The topological polar surface area (TPSA) is 46.5 Å². The molecule has 0 radical (unpaired) electrons. The molecule has 2 fully saturated rings. The lowest BCUT2D eigenvalue weighted by molar-refractivity contribution is -0.250. The fourth-order valence-electron chi connectivity index (χ4n) is 4.62. The van der Waals surface area contributed by atoms with Gasteiger partial charge in [-0.15, -0.1) is 0 Å². The van der Waals surface area contributed by atoms with Crippen molar-refractivity contribution in [3.8, 4) is 0 Å². The molecule has 1 saturated heterocycles. The molecule has 130 valence electrons. The van der Waals surface area contributed by atoms with Gasteiger partial charge < -0.3 is 9.84 Å². The number of hydrogen-bond donors (Lipinski definition) is 1. The Morgan fingerprint density at radius 3 is 2.28 bits per heavy atom. The summed E-state index contributed by atoms with van der Waals surface area (Å²) >= 11 is 3.48. The van der Waals surface area contributed by atoms with Crippen molar-refractivity contribution in [2.45, 2.75) is 43.3 Å². The lowest BCUT2D eigenvalue weighted by Crippen LogP contribution is -2.66. The predicted octanol–water partition coefficient (Wildman–Crippen LogP) is 4.40. The maximum Gasteiger partial charge on any atom is 0.314 e. The summed E-state index contributed by atoms with van der Waals surface area (Å²) in [6.07, 6.45) is 0.633. The maximum atomic E-state index is 12.4. The number of benzene rings is 2. The normalized spacial score (nSPS) is 31.2. The first-order chi connectivity index (χ1) is 11.8. The molecule has 1 saturated carbocycles. The fourth-order valence-corrected chi connectivity index (χ4v) is 4.88. The summed E-state index contributed by atoms with van der Waals surface area (Å²) in [5.74, 6) is -0.382. The van der Waals surface area contributed by atoms with Gasteiger partial charge in [-0.05, 0) is 49.4 Å². The SMILES string of the molecule is CC(C)(O)[C@@]12C[C@@H](c3ccc(Br)cc3)[C@H](c3ccccc3)[C@@H]1C(=O)O2. The Hall–Kier alpha value is -1.65. The number of esters is 1. The first-order valence-corrected chi connectivity index (χ1v) is 9.38. The van der Waals surface area contributed by atoms with Crippen molar-refractivity contribution in [3.63, 3.8) is 0 Å². The van der Waals surface area contributed by atoms with Crippen LogP contribution in [-0.4, -0.2) is 22.3 Å². The second-order valence-corrected chi connectivity index (χ2v) is 8.56. The molecular weight excluding hydrogens is 380 g/mol. The molecular formula is C21H21BrO3. The zero-order valence-corrected chi connectivity index (χ0v) is 15.9. The van der Waals surface area contributed by atoms with Crippen LogP contribution in [0, 0.1) is 5.92 Å². The van der Waals surface area contributed by atoms with Crippen LogP contribution in [-0.2, 0) is 9.53 Å². The minimum absolute atomic E-state index is 0.00931. The number of ether oxygens (including phenoxy) is 1. The van der Waals surface area contributed by atoms with Crippen molar-refractivity contribution < 1.29 is 14.6 Å². The van der Waals surface area contributed by atoms with E-state index in [1.165, 1.54) is 5.56 Å². The summed E-state index contributed by atoms with van der Waals surface area (Å²) in [5.41, 5.74) is 0.403. The van der Waals surface area contributed by atoms with E-state index < -0.39 is 11.2 Å². The van der Waals surface area contributed by atoms with Crippen molar-refractivity contribution in [2.75, 3.05) is 0 Å². The maximum absolute atomic E-state index is 12.4. The second-order valence-electron chi connectivity index (χ2n) is 7.65. The van der Waals surface area contributed by atoms with Crippen LogP contribution in [0.15, 0.2) is 59.1 Å². The number of carbonyl (C=O) groups excluding carboxylic acids is 1. The molecule has 1 N–H and O–H groups in total. The molecule has 1 aliphatic heterocycles. The van der Waals surface area contributed by atoms with Gasteiger partial charge >= 0.3 is 5.97 Å². The number of carbonyl (C=O) groups is 1. The van der Waals surface area contributed by atoms with Gasteiger partial charge in [0.2, 0.25) is 0 Å². The molecule has 25 heavy (non-hydrogen) atoms. The number of aliphatic hydroxyl groups is 1. The van der Waals surface area contributed by atoms with Gasteiger partial charge in [0.25, 0.3) is 0 Å². The van der Waals surface area contributed by atoms with E-state index in [-0.39, 0.29) is 23.7 Å². The van der Waals surface area contributed by atoms with Gasteiger partial charge in [-0.2, -0.15) is 0 Å². The highest BCUT2D eigenvalue weighted by Gasteiger charge is 2.72. The van der Waals surface area contributed by atoms with Crippen molar-refractivity contribution in [3.05, 3.63) is 70.2 Å². The molecule has 0 aromatic heterocycles. The van der Waals surface area contributed by atoms with Gasteiger partial charge in [-0.1, -0.05) is 58.4 Å². The van der Waals surface area contributed by atoms with Crippen molar-refractivity contribution in [2.24, 2.45) is 5.92 Å². The molecule has 0 spiro atoms. The van der Waals surface area contributed by atoms with Crippen LogP contribution >= 0.6 is 15.9 Å². The van der Waals surface area contributed by atoms with Crippen LogP contribution in [0.2, 0.25) is 0 Å². The monoisotopic (exact) mass is 400 g/mol. The van der Waals surface area contributed by atoms with Crippen LogP contribution in [0.25, 0.3) is 0 Å². The zero-order valence-electron chi connectivity index (χ0n) is 14.3. The van der Waals surface area contributed by atoms with E-state index in [1.54, 1.807) is 13.8 Å². The van der Waals surface area contributed by atoms with Crippen LogP contribution in [0.3, 0.4) is 0 Å². The predicted molar refractivity (Wildman–Crippen MR) is 99.3 cm³/mol. The Kier molecular flexibility index (Phi) is 3.82. The van der Waals surface area contributed by atoms with Gasteiger partial charge in [0.1, 0.15) is 5.92 Å². The molecule has 2 aliphatic rings. The molecule has 1 aliphatic carbocycles. The molecule has 2 aromatic rings. The lowest BCUT2D eigenvalue weighted by atomic mass is 9.70. The minimum atomic E-state index is -1.08. The first-order valence-electron chi connectivity index (χ1n) is 8.59. The molecule has 4 heteroatoms. The molecule has 0 amide bonds. The Morgan fingerprint density at radius 1 is 1.08 bits per heavy atom. The van der Waals surface area contributed by atoms with Crippen LogP contribution in [0.4, 0.5) is 0 Å². The summed E-state index contributed by atoms with van der Waals surface area (Å²) in [6, 6.07) is 18.4. The highest BCUT2D eigenvalue weighted by Crippen LogP contribution is 2.64. The van der Waals surface area contributed by atoms with E-state index >= 15 is 0 Å². The highest BCUT2D eigenvalue weighted by atomic mass is 79.9. The second kappa shape index (κ2) is 5.68. The number of halogens is 1. The summed E-state index contributed by atoms with van der Waals surface area (Å²) in [7, 11) is 0. The van der Waals surface area contributed by atoms with Crippen LogP contribution in [0.1, 0.15) is 43.2 Å². The van der Waals surface area contributed by atoms with E-state index in [2.05, 4.69) is 40.2 Å². The zero-order chi connectivity index (χ0) is 17.8. The van der Waals surface area contributed by atoms with E-state index in [0.29, 0.717) is 6.42 Å². The molecule has 1 heterocycles. The smallest absolute Gasteiger partial charge is 0.314 e. The Balaban J connectivity index is 1.84. The van der Waals surface area contributed by atoms with Gasteiger partial charge in [0, 0.05) is 10.4 Å². The van der Waals surface area contributed by atoms with Gasteiger partial charge in [-0.3, -0.25) is 4.79 Å². The molecule has 0 unspecified atom stereocenters. The summed E-state index contributed by atoms with van der Waals surface area (Å²) in [6.45, 7) is 3.50. The Morgan fingerprint density at radius 2 is 1.72 bits per heavy atom. The third-order valence-electron chi connectivity index (χ3n) is 5.87. The molecule has 4 rings (SSSR count). The third kappa shape index (κ3) is 2.46. The number of rotatable bonds is 3. The van der Waals surface area contributed by atoms with Gasteiger partial charge in [0.05, 0.1) is 5.60 Å². The third-order valence-corrected chi connectivity index (χ3v) is 6.40. The highest BCUT2D eigenvalue weighted by molar-refractivity contribution is 9.10. The van der Waals surface area contributed by atoms with E-state index in [4.69, 9.17) is 4.74 Å². The van der Waals surface area contributed by atoms with Crippen LogP contribution in [0.5, 0.6) is 0 Å². The summed E-state index contributed by atoms with van der Waals surface area (Å²) < 4.78 is 6.67. The van der Waals surface area contributed by atoms with Gasteiger partial charge in [0.15, 0.2) is 5.60 Å².